The van der Waals surface area contributed by atoms with E-state index >= 15 is 0 Å². The molecule has 1 aromatic heterocycles. The summed E-state index contributed by atoms with van der Waals surface area (Å²) in [7, 11) is 0. The summed E-state index contributed by atoms with van der Waals surface area (Å²) < 4.78 is 0. The molecule has 8 heteroatoms. The van der Waals surface area contributed by atoms with Crippen LogP contribution in [0.1, 0.15) is 6.42 Å². The van der Waals surface area contributed by atoms with Crippen LogP contribution in [0.2, 0.25) is 5.02 Å². The molecule has 126 valence electrons. The van der Waals surface area contributed by atoms with Gasteiger partial charge in [-0.2, -0.15) is 4.98 Å². The predicted molar refractivity (Wildman–Crippen MR) is 93.0 cm³/mol. The van der Waals surface area contributed by atoms with Crippen molar-refractivity contribution in [3.05, 3.63) is 41.6 Å². The Bertz CT molecular complexity index is 727. The Hall–Kier alpha value is -2.54. The number of aromatic nitrogens is 2. The zero-order valence-electron chi connectivity index (χ0n) is 12.9. The number of anilines is 3. The van der Waals surface area contributed by atoms with E-state index < -0.39 is 6.09 Å². The molecule has 1 aliphatic rings. The normalized spacial score (nSPS) is 16.9. The molecular formula is C16H18ClN5O2. The van der Waals surface area contributed by atoms with Gasteiger partial charge in [-0.25, -0.2) is 9.78 Å². The Morgan fingerprint density at radius 1 is 1.42 bits per heavy atom. The fourth-order valence-electron chi connectivity index (χ4n) is 2.63. The number of carboxylic acid groups (broad SMARTS) is 1. The Balaban J connectivity index is 1.57. The quantitative estimate of drug-likeness (QED) is 0.769. The Morgan fingerprint density at radius 2 is 2.29 bits per heavy atom. The van der Waals surface area contributed by atoms with E-state index in [-0.39, 0.29) is 0 Å². The molecule has 1 saturated heterocycles. The standard InChI is InChI=1S/C16H18ClN5O2/c17-12-2-1-3-13(8-12)20-15-18-6-4-14(21-15)19-9-11-5-7-22(10-11)16(23)24/h1-4,6,8,11H,5,7,9-10H2,(H,23,24)(H2,18,19,20,21)/t11-/m0/s1. The predicted octanol–water partition coefficient (Wildman–Crippen LogP) is 3.29. The number of carbonyl (C=O) groups is 1. The van der Waals surface area contributed by atoms with Crippen molar-refractivity contribution < 1.29 is 9.90 Å². The number of rotatable bonds is 5. The first kappa shape index (κ1) is 16.3. The SMILES string of the molecule is O=C(O)N1CC[C@@H](CNc2ccnc(Nc3cccc(Cl)c3)n2)C1. The molecule has 1 aromatic carbocycles. The minimum Gasteiger partial charge on any atom is -0.465 e. The van der Waals surface area contributed by atoms with Crippen molar-refractivity contribution >= 4 is 35.1 Å². The van der Waals surface area contributed by atoms with Crippen LogP contribution in [-0.4, -0.2) is 45.7 Å². The van der Waals surface area contributed by atoms with Crippen LogP contribution in [0.25, 0.3) is 0 Å². The van der Waals surface area contributed by atoms with Crippen LogP contribution < -0.4 is 10.6 Å². The van der Waals surface area contributed by atoms with Crippen LogP contribution in [0.5, 0.6) is 0 Å². The van der Waals surface area contributed by atoms with Crippen molar-refractivity contribution in [3.8, 4) is 0 Å². The van der Waals surface area contributed by atoms with Gasteiger partial charge < -0.3 is 20.6 Å². The number of amides is 1. The van der Waals surface area contributed by atoms with Crippen LogP contribution in [0, 0.1) is 5.92 Å². The molecule has 7 nitrogen and oxygen atoms in total. The Labute approximate surface area is 144 Å². The summed E-state index contributed by atoms with van der Waals surface area (Å²) in [6, 6.07) is 9.11. The summed E-state index contributed by atoms with van der Waals surface area (Å²) >= 11 is 5.96. The van der Waals surface area contributed by atoms with Gasteiger partial charge in [0.25, 0.3) is 0 Å². The van der Waals surface area contributed by atoms with E-state index in [0.717, 1.165) is 12.1 Å². The van der Waals surface area contributed by atoms with E-state index in [1.807, 2.05) is 12.1 Å². The van der Waals surface area contributed by atoms with Crippen LogP contribution >= 0.6 is 11.6 Å². The number of hydrogen-bond acceptors (Lipinski definition) is 5. The maximum absolute atomic E-state index is 10.9. The van der Waals surface area contributed by atoms with Gasteiger partial charge in [0.15, 0.2) is 0 Å². The van der Waals surface area contributed by atoms with Gasteiger partial charge in [0, 0.05) is 36.5 Å². The number of likely N-dealkylation sites (tertiary alicyclic amines) is 1. The van der Waals surface area contributed by atoms with E-state index in [0.29, 0.717) is 42.3 Å². The Morgan fingerprint density at radius 3 is 3.04 bits per heavy atom. The fraction of sp³-hybridized carbons (Fsp3) is 0.312. The minimum absolute atomic E-state index is 0.292. The second-order valence-electron chi connectivity index (χ2n) is 5.67. The number of hydrogen-bond donors (Lipinski definition) is 3. The summed E-state index contributed by atoms with van der Waals surface area (Å²) in [5, 5.41) is 16.0. The maximum atomic E-state index is 10.9. The maximum Gasteiger partial charge on any atom is 0.407 e. The van der Waals surface area contributed by atoms with E-state index in [9.17, 15) is 4.79 Å². The second kappa shape index (κ2) is 7.35. The first-order chi connectivity index (χ1) is 11.6. The lowest BCUT2D eigenvalue weighted by Crippen LogP contribution is -2.28. The average molecular weight is 348 g/mol. The van der Waals surface area contributed by atoms with Crippen LogP contribution in [-0.2, 0) is 0 Å². The monoisotopic (exact) mass is 347 g/mol. The van der Waals surface area contributed by atoms with Crippen molar-refractivity contribution in [2.75, 3.05) is 30.3 Å². The van der Waals surface area contributed by atoms with Gasteiger partial charge >= 0.3 is 6.09 Å². The van der Waals surface area contributed by atoms with E-state index in [4.69, 9.17) is 16.7 Å². The lowest BCUT2D eigenvalue weighted by molar-refractivity contribution is 0.154. The van der Waals surface area contributed by atoms with Crippen molar-refractivity contribution in [1.82, 2.24) is 14.9 Å². The summed E-state index contributed by atoms with van der Waals surface area (Å²) in [5.41, 5.74) is 0.813. The molecule has 2 aromatic rings. The van der Waals surface area contributed by atoms with Gasteiger partial charge in [-0.15, -0.1) is 0 Å². The summed E-state index contributed by atoms with van der Waals surface area (Å²) in [6.45, 7) is 1.82. The van der Waals surface area contributed by atoms with Crippen molar-refractivity contribution in [3.63, 3.8) is 0 Å². The van der Waals surface area contributed by atoms with E-state index in [1.165, 1.54) is 4.90 Å². The molecule has 0 bridgehead atoms. The summed E-state index contributed by atoms with van der Waals surface area (Å²) in [5.74, 6) is 1.46. The molecule has 2 heterocycles. The number of nitrogens with one attached hydrogen (secondary N) is 2. The molecule has 0 spiro atoms. The molecule has 0 aliphatic carbocycles. The lowest BCUT2D eigenvalue weighted by atomic mass is 10.1. The third-order valence-corrected chi connectivity index (χ3v) is 4.10. The summed E-state index contributed by atoms with van der Waals surface area (Å²) in [4.78, 5) is 21.0. The van der Waals surface area contributed by atoms with Crippen LogP contribution in [0.4, 0.5) is 22.2 Å². The molecule has 1 atom stereocenters. The zero-order valence-corrected chi connectivity index (χ0v) is 13.7. The van der Waals surface area contributed by atoms with Gasteiger partial charge in [0.05, 0.1) is 0 Å². The highest BCUT2D eigenvalue weighted by Gasteiger charge is 2.25. The zero-order chi connectivity index (χ0) is 16.9. The highest BCUT2D eigenvalue weighted by atomic mass is 35.5. The third kappa shape index (κ3) is 4.26. The molecule has 3 rings (SSSR count). The van der Waals surface area contributed by atoms with Gasteiger partial charge in [0.1, 0.15) is 5.82 Å². The number of halogens is 1. The lowest BCUT2D eigenvalue weighted by Gasteiger charge is -2.13. The van der Waals surface area contributed by atoms with Gasteiger partial charge in [-0.3, -0.25) is 0 Å². The molecule has 1 aliphatic heterocycles. The highest BCUT2D eigenvalue weighted by molar-refractivity contribution is 6.30. The van der Waals surface area contributed by atoms with Gasteiger partial charge in [-0.05, 0) is 36.6 Å². The summed E-state index contributed by atoms with van der Waals surface area (Å²) in [6.07, 6.45) is 1.67. The third-order valence-electron chi connectivity index (χ3n) is 3.86. The number of benzene rings is 1. The molecule has 1 amide bonds. The van der Waals surface area contributed by atoms with Crippen molar-refractivity contribution in [2.45, 2.75) is 6.42 Å². The first-order valence-electron chi connectivity index (χ1n) is 7.67. The number of nitrogens with zero attached hydrogens (tertiary/aromatic N) is 3. The van der Waals surface area contributed by atoms with Gasteiger partial charge in [-0.1, -0.05) is 17.7 Å². The molecule has 24 heavy (non-hydrogen) atoms. The smallest absolute Gasteiger partial charge is 0.407 e. The molecule has 1 fully saturated rings. The molecule has 0 saturated carbocycles. The Kier molecular flexibility index (Phi) is 5.00. The van der Waals surface area contributed by atoms with Crippen molar-refractivity contribution in [1.29, 1.82) is 0 Å². The van der Waals surface area contributed by atoms with Gasteiger partial charge in [0.2, 0.25) is 5.95 Å². The molecule has 3 N–H and O–H groups in total. The van der Waals surface area contributed by atoms with E-state index in [1.54, 1.807) is 24.4 Å². The van der Waals surface area contributed by atoms with Crippen LogP contribution in [0.3, 0.4) is 0 Å². The largest absolute Gasteiger partial charge is 0.465 e. The first-order valence-corrected chi connectivity index (χ1v) is 8.05. The average Bonchev–Trinajstić information content (AvgIpc) is 3.03. The molecular weight excluding hydrogens is 330 g/mol. The molecule has 0 unspecified atom stereocenters. The minimum atomic E-state index is -0.854. The fourth-order valence-corrected chi connectivity index (χ4v) is 2.82. The second-order valence-corrected chi connectivity index (χ2v) is 6.10. The topological polar surface area (TPSA) is 90.4 Å². The molecule has 0 radical (unpaired) electrons. The van der Waals surface area contributed by atoms with Crippen LogP contribution in [0.15, 0.2) is 36.5 Å². The van der Waals surface area contributed by atoms with Crippen molar-refractivity contribution in [2.24, 2.45) is 5.92 Å². The van der Waals surface area contributed by atoms with E-state index in [2.05, 4.69) is 20.6 Å². The highest BCUT2D eigenvalue weighted by Crippen LogP contribution is 2.20.